The molecule has 0 bridgehead atoms. The van der Waals surface area contributed by atoms with Crippen molar-refractivity contribution in [1.82, 2.24) is 0 Å². The molecule has 0 amide bonds. The molecule has 3 aromatic carbocycles. The van der Waals surface area contributed by atoms with E-state index in [2.05, 4.69) is 0 Å². The molecule has 0 radical (unpaired) electrons. The molecule has 0 heterocycles. The first-order valence-electron chi connectivity index (χ1n) is 7.41. The summed E-state index contributed by atoms with van der Waals surface area (Å²) >= 11 is 0. The van der Waals surface area contributed by atoms with Gasteiger partial charge < -0.3 is 6.53 Å². The Balaban J connectivity index is 0.00000156. The van der Waals surface area contributed by atoms with E-state index in [0.717, 1.165) is 14.7 Å². The van der Waals surface area contributed by atoms with Gasteiger partial charge >= 0.3 is 57.4 Å². The van der Waals surface area contributed by atoms with E-state index >= 15 is 0 Å². The Kier molecular flexibility index (Phi) is 7.28. The Morgan fingerprint density at radius 1 is 0.708 bits per heavy atom. The number of carbonyl (C=O) groups is 1. The Morgan fingerprint density at radius 3 is 1.25 bits per heavy atom. The summed E-state index contributed by atoms with van der Waals surface area (Å²) in [5.41, 5.74) is 0. The van der Waals surface area contributed by atoms with Crippen molar-refractivity contribution < 1.29 is 62.7 Å². The van der Waals surface area contributed by atoms with Gasteiger partial charge in [-0.15, -0.1) is 10.0 Å². The van der Waals surface area contributed by atoms with Crippen molar-refractivity contribution in [3.8, 4) is 0 Å². The molecule has 0 saturated heterocycles. The molecular formula is C20H19KO2S. The van der Waals surface area contributed by atoms with Crippen LogP contribution in [-0.4, -0.2) is 16.8 Å². The van der Waals surface area contributed by atoms with Crippen LogP contribution in [0.25, 0.3) is 0 Å². The monoisotopic (exact) mass is 362 g/mol. The van der Waals surface area contributed by atoms with Crippen LogP contribution in [0.2, 0.25) is 0 Å². The van der Waals surface area contributed by atoms with Gasteiger partial charge in [-0.3, -0.25) is 4.79 Å². The minimum atomic E-state index is -1.83. The van der Waals surface area contributed by atoms with Crippen molar-refractivity contribution in [2.45, 2.75) is 14.7 Å². The van der Waals surface area contributed by atoms with Gasteiger partial charge in [-0.1, -0.05) is 54.6 Å². The molecule has 2 nitrogen and oxygen atoms in total. The molecule has 0 aliphatic rings. The van der Waals surface area contributed by atoms with Crippen LogP contribution < -0.4 is 51.4 Å². The summed E-state index contributed by atoms with van der Waals surface area (Å²) in [6, 6.07) is 30.0. The second kappa shape index (κ2) is 8.99. The summed E-state index contributed by atoms with van der Waals surface area (Å²) in [4.78, 5) is 15.0. The normalized spacial score (nSPS) is 11.3. The van der Waals surface area contributed by atoms with E-state index < -0.39 is 16.0 Å². The van der Waals surface area contributed by atoms with Gasteiger partial charge in [0.15, 0.2) is 0 Å². The van der Waals surface area contributed by atoms with Gasteiger partial charge in [-0.05, 0) is 51.1 Å². The number of carboxylic acid groups (broad SMARTS) is 1. The number of aliphatic carboxylic acids is 1. The fourth-order valence-electron chi connectivity index (χ4n) is 2.80. The first kappa shape index (κ1) is 19.4. The average molecular weight is 363 g/mol. The molecule has 4 heteroatoms. The molecule has 0 saturated carbocycles. The van der Waals surface area contributed by atoms with Crippen LogP contribution in [0.5, 0.6) is 0 Å². The van der Waals surface area contributed by atoms with Crippen LogP contribution >= 0.6 is 10.0 Å². The van der Waals surface area contributed by atoms with E-state index in [0.29, 0.717) is 0 Å². The number of benzene rings is 3. The maximum absolute atomic E-state index is 11.8. The number of hydrogen-bond acceptors (Lipinski definition) is 1. The summed E-state index contributed by atoms with van der Waals surface area (Å²) < 4.78 is 0. The zero-order chi connectivity index (χ0) is 16.1. The van der Waals surface area contributed by atoms with E-state index in [1.807, 2.05) is 91.0 Å². The Labute approximate surface area is 188 Å². The first-order valence-corrected chi connectivity index (χ1v) is 9.22. The maximum Gasteiger partial charge on any atom is 1.00 e. The van der Waals surface area contributed by atoms with E-state index in [1.165, 1.54) is 0 Å². The molecule has 1 N–H and O–H groups in total. The second-order valence-corrected chi connectivity index (χ2v) is 8.40. The Bertz CT molecular complexity index is 686. The summed E-state index contributed by atoms with van der Waals surface area (Å²) in [6.45, 7) is 0. The smallest absolute Gasteiger partial charge is 1.00 e. The van der Waals surface area contributed by atoms with Gasteiger partial charge in [0.25, 0.3) is 0 Å². The minimum absolute atomic E-state index is 0. The molecule has 0 fully saturated rings. The molecular weight excluding hydrogens is 343 g/mol. The molecule has 0 unspecified atom stereocenters. The summed E-state index contributed by atoms with van der Waals surface area (Å²) in [6.07, 6.45) is 0. The molecule has 24 heavy (non-hydrogen) atoms. The van der Waals surface area contributed by atoms with Crippen molar-refractivity contribution in [1.29, 1.82) is 0 Å². The molecule has 0 atom stereocenters. The standard InChI is InChI=1S/C20H18O2S.K.H/c21-20(22)16-23(17-10-4-1-5-11-17,18-12-6-2-7-13-18)19-14-8-3-9-15-19;;/h1-15H,16H2,(H,21,22);;/q;+1;-1. The molecule has 0 aliphatic heterocycles. The number of carboxylic acids is 1. The van der Waals surface area contributed by atoms with Crippen molar-refractivity contribution in [3.05, 3.63) is 91.0 Å². The zero-order valence-electron chi connectivity index (χ0n) is 14.6. The van der Waals surface area contributed by atoms with E-state index in [4.69, 9.17) is 0 Å². The van der Waals surface area contributed by atoms with Crippen LogP contribution in [0.3, 0.4) is 0 Å². The summed E-state index contributed by atoms with van der Waals surface area (Å²) in [5, 5.41) is 9.65. The van der Waals surface area contributed by atoms with Gasteiger partial charge in [0.2, 0.25) is 0 Å². The molecule has 0 aliphatic carbocycles. The van der Waals surface area contributed by atoms with Crippen LogP contribution in [0.1, 0.15) is 1.43 Å². The molecule has 0 spiro atoms. The number of hydrogen-bond donors (Lipinski definition) is 1. The molecule has 3 rings (SSSR count). The van der Waals surface area contributed by atoms with E-state index in [9.17, 15) is 9.90 Å². The predicted octanol–water partition coefficient (Wildman–Crippen LogP) is 2.17. The molecule has 0 aromatic heterocycles. The predicted molar refractivity (Wildman–Crippen MR) is 95.3 cm³/mol. The minimum Gasteiger partial charge on any atom is -1.00 e. The SMILES string of the molecule is O=C(O)CS(c1ccccc1)(c1ccccc1)c1ccccc1.[H-].[K+]. The summed E-state index contributed by atoms with van der Waals surface area (Å²) in [5.74, 6) is -0.693. The topological polar surface area (TPSA) is 37.3 Å². The van der Waals surface area contributed by atoms with Gasteiger partial charge in [-0.25, -0.2) is 0 Å². The molecule has 3 aromatic rings. The second-order valence-electron chi connectivity index (χ2n) is 5.22. The third-order valence-electron chi connectivity index (χ3n) is 3.78. The van der Waals surface area contributed by atoms with Crippen molar-refractivity contribution in [2.24, 2.45) is 0 Å². The molecule has 118 valence electrons. The summed E-state index contributed by atoms with van der Waals surface area (Å²) in [7, 11) is -1.83. The van der Waals surface area contributed by atoms with Gasteiger partial charge in [0, 0.05) is 0 Å². The zero-order valence-corrected chi connectivity index (χ0v) is 17.6. The quantitative estimate of drug-likeness (QED) is 0.707. The van der Waals surface area contributed by atoms with Crippen LogP contribution in [0.4, 0.5) is 0 Å². The average Bonchev–Trinajstić information content (AvgIpc) is 2.62. The van der Waals surface area contributed by atoms with Crippen molar-refractivity contribution in [2.75, 3.05) is 5.75 Å². The van der Waals surface area contributed by atoms with Crippen LogP contribution in [0.15, 0.2) is 106 Å². The first-order chi connectivity index (χ1) is 11.2. The third kappa shape index (κ3) is 4.02. The van der Waals surface area contributed by atoms with Crippen molar-refractivity contribution >= 4 is 16.0 Å². The van der Waals surface area contributed by atoms with Gasteiger partial charge in [-0.2, -0.15) is 0 Å². The van der Waals surface area contributed by atoms with Crippen molar-refractivity contribution in [3.63, 3.8) is 0 Å². The van der Waals surface area contributed by atoms with E-state index in [-0.39, 0.29) is 58.6 Å². The van der Waals surface area contributed by atoms with Gasteiger partial charge in [0.1, 0.15) is 0 Å². The fraction of sp³-hybridized carbons (Fsp3) is 0.0500. The fourth-order valence-corrected chi connectivity index (χ4v) is 6.35. The Hall–Kier alpha value is -0.884. The third-order valence-corrected chi connectivity index (χ3v) is 7.69. The number of rotatable bonds is 5. The van der Waals surface area contributed by atoms with E-state index in [1.54, 1.807) is 0 Å². The van der Waals surface area contributed by atoms with Gasteiger partial charge in [0.05, 0.1) is 5.75 Å². The van der Waals surface area contributed by atoms with Crippen LogP contribution in [0, 0.1) is 0 Å². The largest absolute Gasteiger partial charge is 1.00 e. The Morgan fingerprint density at radius 2 is 1.00 bits per heavy atom. The van der Waals surface area contributed by atoms with Crippen LogP contribution in [-0.2, 0) is 4.79 Å². The maximum atomic E-state index is 11.8.